The van der Waals surface area contributed by atoms with E-state index in [9.17, 15) is 14.4 Å². The minimum absolute atomic E-state index is 0.0626. The highest BCUT2D eigenvalue weighted by molar-refractivity contribution is 6.09. The Morgan fingerprint density at radius 2 is 1.73 bits per heavy atom. The lowest BCUT2D eigenvalue weighted by atomic mass is 10.1. The maximum atomic E-state index is 13.0. The van der Waals surface area contributed by atoms with Crippen LogP contribution >= 0.6 is 0 Å². The van der Waals surface area contributed by atoms with E-state index in [1.807, 2.05) is 0 Å². The molecule has 2 aromatic rings. The second kappa shape index (κ2) is 9.81. The van der Waals surface area contributed by atoms with Crippen LogP contribution in [0, 0.1) is 0 Å². The van der Waals surface area contributed by atoms with Crippen LogP contribution < -0.4 is 24.4 Å². The maximum Gasteiger partial charge on any atom is 0.265 e. The highest BCUT2D eigenvalue weighted by atomic mass is 16.5. The highest BCUT2D eigenvalue weighted by Crippen LogP contribution is 2.35. The van der Waals surface area contributed by atoms with Crippen LogP contribution in [-0.2, 0) is 9.59 Å². The van der Waals surface area contributed by atoms with E-state index in [2.05, 4.69) is 5.32 Å². The summed E-state index contributed by atoms with van der Waals surface area (Å²) in [6, 6.07) is 10.1. The molecule has 0 aromatic heterocycles. The van der Waals surface area contributed by atoms with Crippen LogP contribution in [0.1, 0.15) is 29.6 Å². The van der Waals surface area contributed by atoms with Gasteiger partial charge in [0.25, 0.3) is 11.8 Å². The van der Waals surface area contributed by atoms with Crippen molar-refractivity contribution >= 4 is 29.1 Å². The van der Waals surface area contributed by atoms with Crippen LogP contribution in [0.15, 0.2) is 36.4 Å². The number of amides is 3. The lowest BCUT2D eigenvalue weighted by Crippen LogP contribution is -2.47. The van der Waals surface area contributed by atoms with Crippen molar-refractivity contribution in [3.8, 4) is 17.2 Å². The molecule has 174 valence electrons. The number of rotatable bonds is 6. The van der Waals surface area contributed by atoms with Gasteiger partial charge in [-0.05, 0) is 49.6 Å². The van der Waals surface area contributed by atoms with Crippen molar-refractivity contribution in [2.24, 2.45) is 0 Å². The first-order valence-electron chi connectivity index (χ1n) is 10.9. The van der Waals surface area contributed by atoms with E-state index in [4.69, 9.17) is 14.2 Å². The number of piperidine rings is 1. The molecule has 0 radical (unpaired) electrons. The molecule has 1 fully saturated rings. The Kier molecular flexibility index (Phi) is 6.67. The summed E-state index contributed by atoms with van der Waals surface area (Å²) in [6.45, 7) is 1.22. The first-order valence-corrected chi connectivity index (χ1v) is 10.9. The van der Waals surface area contributed by atoms with E-state index >= 15 is 0 Å². The average Bonchev–Trinajstić information content (AvgIpc) is 2.85. The zero-order chi connectivity index (χ0) is 23.4. The summed E-state index contributed by atoms with van der Waals surface area (Å²) >= 11 is 0. The first kappa shape index (κ1) is 22.4. The Bertz CT molecular complexity index is 1040. The van der Waals surface area contributed by atoms with Gasteiger partial charge >= 0.3 is 0 Å². The molecule has 0 saturated carbocycles. The summed E-state index contributed by atoms with van der Waals surface area (Å²) in [5.41, 5.74) is 1.14. The molecule has 33 heavy (non-hydrogen) atoms. The number of carbonyl (C=O) groups excluding carboxylic acids is 3. The average molecular weight is 453 g/mol. The Balaban J connectivity index is 1.57. The minimum Gasteiger partial charge on any atom is -0.496 e. The highest BCUT2D eigenvalue weighted by Gasteiger charge is 2.30. The molecular formula is C24H27N3O6. The lowest BCUT2D eigenvalue weighted by molar-refractivity contribution is -0.132. The molecule has 2 aliphatic rings. The van der Waals surface area contributed by atoms with Crippen molar-refractivity contribution in [3.63, 3.8) is 0 Å². The topological polar surface area (TPSA) is 97.4 Å². The fraction of sp³-hybridized carbons (Fsp3) is 0.375. The number of fused-ring (bicyclic) bond motifs is 1. The SMILES string of the molecule is COc1cccc(OC)c1C(=O)Nc1ccc2c(c1)N(CC(=O)N1CCCCC1)C(=O)CO2. The summed E-state index contributed by atoms with van der Waals surface area (Å²) < 4.78 is 16.2. The van der Waals surface area contributed by atoms with Crippen LogP contribution in [0.25, 0.3) is 0 Å². The van der Waals surface area contributed by atoms with Crippen LogP contribution in [0.4, 0.5) is 11.4 Å². The normalized spacial score (nSPS) is 15.4. The molecule has 9 heteroatoms. The molecule has 0 bridgehead atoms. The third kappa shape index (κ3) is 4.72. The maximum absolute atomic E-state index is 13.0. The summed E-state index contributed by atoms with van der Waals surface area (Å²) in [5.74, 6) is 0.401. The van der Waals surface area contributed by atoms with E-state index in [1.165, 1.54) is 19.1 Å². The van der Waals surface area contributed by atoms with Gasteiger partial charge in [0.2, 0.25) is 5.91 Å². The summed E-state index contributed by atoms with van der Waals surface area (Å²) in [5, 5.41) is 2.82. The van der Waals surface area contributed by atoms with Crippen LogP contribution in [0.5, 0.6) is 17.2 Å². The molecule has 2 heterocycles. The summed E-state index contributed by atoms with van der Waals surface area (Å²) in [7, 11) is 2.95. The van der Waals surface area contributed by atoms with Gasteiger partial charge in [0.1, 0.15) is 29.4 Å². The molecule has 0 unspecified atom stereocenters. The number of nitrogens with zero attached hydrogens (tertiary/aromatic N) is 2. The predicted molar refractivity (Wildman–Crippen MR) is 122 cm³/mol. The molecular weight excluding hydrogens is 426 g/mol. The molecule has 2 aromatic carbocycles. The molecule has 1 saturated heterocycles. The number of benzene rings is 2. The Labute approximate surface area is 192 Å². The van der Waals surface area contributed by atoms with E-state index in [-0.39, 0.29) is 30.5 Å². The van der Waals surface area contributed by atoms with Crippen molar-refractivity contribution in [2.75, 3.05) is 50.7 Å². The van der Waals surface area contributed by atoms with Crippen LogP contribution in [0.2, 0.25) is 0 Å². The van der Waals surface area contributed by atoms with Crippen molar-refractivity contribution in [1.82, 2.24) is 4.90 Å². The monoisotopic (exact) mass is 453 g/mol. The van der Waals surface area contributed by atoms with E-state index in [1.54, 1.807) is 41.3 Å². The smallest absolute Gasteiger partial charge is 0.265 e. The first-order chi connectivity index (χ1) is 16.0. The summed E-state index contributed by atoms with van der Waals surface area (Å²) in [4.78, 5) is 41.7. The third-order valence-electron chi connectivity index (χ3n) is 5.82. The third-order valence-corrected chi connectivity index (χ3v) is 5.82. The largest absolute Gasteiger partial charge is 0.496 e. The summed E-state index contributed by atoms with van der Waals surface area (Å²) in [6.07, 6.45) is 3.06. The van der Waals surface area contributed by atoms with Crippen molar-refractivity contribution in [1.29, 1.82) is 0 Å². The van der Waals surface area contributed by atoms with E-state index in [0.29, 0.717) is 41.7 Å². The number of likely N-dealkylation sites (tertiary alicyclic amines) is 1. The van der Waals surface area contributed by atoms with Gasteiger partial charge in [-0.2, -0.15) is 0 Å². The number of methoxy groups -OCH3 is 2. The molecule has 2 aliphatic heterocycles. The van der Waals surface area contributed by atoms with Crippen LogP contribution in [0.3, 0.4) is 0 Å². The number of hydrogen-bond acceptors (Lipinski definition) is 6. The fourth-order valence-electron chi connectivity index (χ4n) is 4.10. The van der Waals surface area contributed by atoms with E-state index < -0.39 is 5.91 Å². The van der Waals surface area contributed by atoms with Gasteiger partial charge in [0.05, 0.1) is 19.9 Å². The number of hydrogen-bond donors (Lipinski definition) is 1. The second-order valence-corrected chi connectivity index (χ2v) is 7.88. The molecule has 3 amide bonds. The van der Waals surface area contributed by atoms with Gasteiger partial charge in [0.15, 0.2) is 6.61 Å². The van der Waals surface area contributed by atoms with Crippen molar-refractivity contribution in [2.45, 2.75) is 19.3 Å². The lowest BCUT2D eigenvalue weighted by Gasteiger charge is -2.33. The Morgan fingerprint density at radius 1 is 1.03 bits per heavy atom. The van der Waals surface area contributed by atoms with Gasteiger partial charge in [0, 0.05) is 18.8 Å². The quantitative estimate of drug-likeness (QED) is 0.722. The van der Waals surface area contributed by atoms with E-state index in [0.717, 1.165) is 19.3 Å². The molecule has 0 aliphatic carbocycles. The number of nitrogens with one attached hydrogen (secondary N) is 1. The fourth-order valence-corrected chi connectivity index (χ4v) is 4.10. The molecule has 9 nitrogen and oxygen atoms in total. The predicted octanol–water partition coefficient (Wildman–Crippen LogP) is 2.69. The van der Waals surface area contributed by atoms with Gasteiger partial charge in [-0.3, -0.25) is 19.3 Å². The molecule has 4 rings (SSSR count). The van der Waals surface area contributed by atoms with Crippen molar-refractivity contribution < 1.29 is 28.6 Å². The zero-order valence-corrected chi connectivity index (χ0v) is 18.8. The number of carbonyl (C=O) groups is 3. The van der Waals surface area contributed by atoms with Gasteiger partial charge < -0.3 is 24.4 Å². The van der Waals surface area contributed by atoms with Gasteiger partial charge in [-0.1, -0.05) is 6.07 Å². The Hall–Kier alpha value is -3.75. The van der Waals surface area contributed by atoms with Crippen molar-refractivity contribution in [3.05, 3.63) is 42.0 Å². The van der Waals surface area contributed by atoms with Gasteiger partial charge in [-0.25, -0.2) is 0 Å². The van der Waals surface area contributed by atoms with Crippen LogP contribution in [-0.4, -0.2) is 63.1 Å². The standard InChI is InChI=1S/C24H27N3O6/c1-31-19-7-6-8-20(32-2)23(19)24(30)25-16-9-10-18-17(13-16)27(22(29)15-33-18)14-21(28)26-11-4-3-5-12-26/h6-10,13H,3-5,11-12,14-15H2,1-2H3,(H,25,30). The Morgan fingerprint density at radius 3 is 2.39 bits per heavy atom. The zero-order valence-electron chi connectivity index (χ0n) is 18.8. The molecule has 0 atom stereocenters. The van der Waals surface area contributed by atoms with Gasteiger partial charge in [-0.15, -0.1) is 0 Å². The minimum atomic E-state index is -0.428. The molecule has 1 N–H and O–H groups in total. The number of ether oxygens (including phenoxy) is 3. The number of anilines is 2. The molecule has 0 spiro atoms. The second-order valence-electron chi connectivity index (χ2n) is 7.88.